The molecule has 26 heavy (non-hydrogen) atoms. The zero-order valence-corrected chi connectivity index (χ0v) is 15.3. The number of halogens is 1. The molecule has 7 heteroatoms. The van der Waals surface area contributed by atoms with Gasteiger partial charge in [0.1, 0.15) is 11.9 Å². The van der Waals surface area contributed by atoms with E-state index in [2.05, 4.69) is 27.7 Å². The zero-order valence-electron chi connectivity index (χ0n) is 15.3. The lowest BCUT2D eigenvalue weighted by Crippen LogP contribution is -2.51. The third kappa shape index (κ3) is 3.56. The molecule has 1 amide bonds. The van der Waals surface area contributed by atoms with Gasteiger partial charge in [-0.1, -0.05) is 0 Å². The van der Waals surface area contributed by atoms with Crippen molar-refractivity contribution < 1.29 is 9.18 Å². The first kappa shape index (κ1) is 17.7. The molecule has 0 saturated carbocycles. The maximum atomic E-state index is 13.2. The Morgan fingerprint density at radius 2 is 1.88 bits per heavy atom. The van der Waals surface area contributed by atoms with E-state index >= 15 is 0 Å². The number of piperidine rings is 1. The van der Waals surface area contributed by atoms with Crippen molar-refractivity contribution in [3.8, 4) is 0 Å². The van der Waals surface area contributed by atoms with Gasteiger partial charge in [0.2, 0.25) is 5.91 Å². The molecule has 0 aliphatic carbocycles. The van der Waals surface area contributed by atoms with Gasteiger partial charge in [-0.15, -0.1) is 0 Å². The average Bonchev–Trinajstić information content (AvgIpc) is 2.89. The first-order valence-corrected chi connectivity index (χ1v) is 9.61. The highest BCUT2D eigenvalue weighted by molar-refractivity contribution is 5.83. The third-order valence-corrected chi connectivity index (χ3v) is 5.98. The number of likely N-dealkylation sites (tertiary alicyclic amines) is 1. The Bertz CT molecular complexity index is 639. The molecule has 1 aromatic carbocycles. The van der Waals surface area contributed by atoms with Crippen molar-refractivity contribution >= 4 is 11.6 Å². The van der Waals surface area contributed by atoms with Crippen LogP contribution in [0, 0.1) is 11.7 Å². The van der Waals surface area contributed by atoms with Crippen LogP contribution in [0.4, 0.5) is 10.1 Å². The lowest BCUT2D eigenvalue weighted by Gasteiger charge is -2.34. The summed E-state index contributed by atoms with van der Waals surface area (Å²) in [5, 5.41) is 0. The summed E-state index contributed by atoms with van der Waals surface area (Å²) in [5.74, 6) is 0.325. The number of rotatable bonds is 2. The summed E-state index contributed by atoms with van der Waals surface area (Å²) >= 11 is 0. The number of hydrogen-bond donors (Lipinski definition) is 2. The topological polar surface area (TPSA) is 50.9 Å². The number of anilines is 1. The molecular weight excluding hydrogens is 333 g/mol. The molecule has 3 atom stereocenters. The molecule has 3 aliphatic heterocycles. The van der Waals surface area contributed by atoms with Crippen molar-refractivity contribution in [1.29, 1.82) is 0 Å². The van der Waals surface area contributed by atoms with Gasteiger partial charge in [-0.3, -0.25) is 10.2 Å². The molecule has 4 rings (SSSR count). The molecule has 3 fully saturated rings. The Morgan fingerprint density at radius 3 is 2.69 bits per heavy atom. The predicted molar refractivity (Wildman–Crippen MR) is 99.3 cm³/mol. The maximum Gasteiger partial charge on any atom is 0.241 e. The second-order valence-electron chi connectivity index (χ2n) is 7.73. The summed E-state index contributed by atoms with van der Waals surface area (Å²) in [4.78, 5) is 19.7. The Labute approximate surface area is 154 Å². The second-order valence-corrected chi connectivity index (χ2v) is 7.73. The summed E-state index contributed by atoms with van der Waals surface area (Å²) in [6, 6.07) is 6.88. The number of nitrogens with one attached hydrogen (secondary N) is 2. The third-order valence-electron chi connectivity index (χ3n) is 5.98. The monoisotopic (exact) mass is 361 g/mol. The van der Waals surface area contributed by atoms with Crippen LogP contribution in [0.3, 0.4) is 0 Å². The minimum atomic E-state index is -0.216. The van der Waals surface area contributed by atoms with Gasteiger partial charge in [0.15, 0.2) is 0 Å². The highest BCUT2D eigenvalue weighted by Crippen LogP contribution is 2.25. The molecule has 0 spiro atoms. The summed E-state index contributed by atoms with van der Waals surface area (Å²) in [6.07, 6.45) is 2.01. The van der Waals surface area contributed by atoms with Crippen LogP contribution in [0.1, 0.15) is 12.8 Å². The number of fused-ring (bicyclic) bond motifs is 1. The van der Waals surface area contributed by atoms with Crippen molar-refractivity contribution in [3.05, 3.63) is 30.1 Å². The number of hydrogen-bond acceptors (Lipinski definition) is 5. The molecule has 3 unspecified atom stereocenters. The van der Waals surface area contributed by atoms with Crippen molar-refractivity contribution in [3.63, 3.8) is 0 Å². The van der Waals surface area contributed by atoms with Gasteiger partial charge in [0.05, 0.1) is 0 Å². The van der Waals surface area contributed by atoms with Crippen LogP contribution in [0.15, 0.2) is 24.3 Å². The summed E-state index contributed by atoms with van der Waals surface area (Å²) in [6.45, 7) is 5.19. The van der Waals surface area contributed by atoms with Crippen LogP contribution in [0.5, 0.6) is 0 Å². The van der Waals surface area contributed by atoms with Gasteiger partial charge in [-0.2, -0.15) is 0 Å². The smallest absolute Gasteiger partial charge is 0.241 e. The molecule has 0 radical (unpaired) electrons. The molecule has 3 heterocycles. The van der Waals surface area contributed by atoms with Crippen LogP contribution in [0.25, 0.3) is 0 Å². The van der Waals surface area contributed by atoms with Crippen molar-refractivity contribution in [2.75, 3.05) is 51.2 Å². The average molecular weight is 361 g/mol. The van der Waals surface area contributed by atoms with E-state index in [0.717, 1.165) is 51.3 Å². The Kier molecular flexibility index (Phi) is 5.11. The van der Waals surface area contributed by atoms with Gasteiger partial charge in [0, 0.05) is 50.4 Å². The number of carbonyl (C=O) groups excluding carboxylic acids is 1. The molecule has 142 valence electrons. The van der Waals surface area contributed by atoms with Crippen molar-refractivity contribution in [1.82, 2.24) is 20.7 Å². The van der Waals surface area contributed by atoms with E-state index in [9.17, 15) is 9.18 Å². The van der Waals surface area contributed by atoms with Gasteiger partial charge in [0.25, 0.3) is 0 Å². The van der Waals surface area contributed by atoms with E-state index in [1.807, 2.05) is 17.0 Å². The van der Waals surface area contributed by atoms with E-state index < -0.39 is 0 Å². The molecule has 3 saturated heterocycles. The van der Waals surface area contributed by atoms with E-state index in [4.69, 9.17) is 0 Å². The maximum absolute atomic E-state index is 13.2. The molecule has 1 aromatic rings. The fraction of sp³-hybridized carbons (Fsp3) is 0.632. The first-order chi connectivity index (χ1) is 12.6. The first-order valence-electron chi connectivity index (χ1n) is 9.61. The fourth-order valence-electron chi connectivity index (χ4n) is 4.46. The van der Waals surface area contributed by atoms with Gasteiger partial charge < -0.3 is 14.7 Å². The number of nitrogens with zero attached hydrogens (tertiary/aromatic N) is 3. The molecule has 3 aliphatic rings. The quantitative estimate of drug-likeness (QED) is 0.811. The lowest BCUT2D eigenvalue weighted by molar-refractivity contribution is -0.134. The van der Waals surface area contributed by atoms with Gasteiger partial charge in [-0.05, 0) is 50.7 Å². The van der Waals surface area contributed by atoms with E-state index in [-0.39, 0.29) is 17.8 Å². The Hall–Kier alpha value is -1.70. The van der Waals surface area contributed by atoms with Crippen LogP contribution in [-0.2, 0) is 4.79 Å². The van der Waals surface area contributed by atoms with Crippen molar-refractivity contribution in [2.45, 2.75) is 24.9 Å². The number of carbonyl (C=O) groups is 1. The van der Waals surface area contributed by atoms with Crippen LogP contribution < -0.4 is 15.8 Å². The largest absolute Gasteiger partial charge is 0.370 e. The SMILES string of the molecule is CN1CCC2NNC(C(=O)N3CCCN(c4ccc(F)cc4)CC3)C2C1. The lowest BCUT2D eigenvalue weighted by atomic mass is 9.88. The standard InChI is InChI=1S/C19H28FN5O/c1-23-10-7-17-16(13-23)18(22-21-17)19(26)25-9-2-8-24(11-12-25)15-5-3-14(20)4-6-15/h3-6,16-18,21-22H,2,7-13H2,1H3. The van der Waals surface area contributed by atoms with Gasteiger partial charge >= 0.3 is 0 Å². The number of hydrazine groups is 1. The second kappa shape index (κ2) is 7.50. The summed E-state index contributed by atoms with van der Waals surface area (Å²) < 4.78 is 13.2. The molecule has 0 aromatic heterocycles. The van der Waals surface area contributed by atoms with E-state index in [1.54, 1.807) is 0 Å². The zero-order chi connectivity index (χ0) is 18.1. The highest BCUT2D eigenvalue weighted by Gasteiger charge is 2.43. The normalized spacial score (nSPS) is 30.2. The van der Waals surface area contributed by atoms with E-state index in [1.165, 1.54) is 12.1 Å². The predicted octanol–water partition coefficient (Wildman–Crippen LogP) is 0.661. The minimum absolute atomic E-state index is 0.139. The van der Waals surface area contributed by atoms with Crippen LogP contribution in [0.2, 0.25) is 0 Å². The molecule has 2 N–H and O–H groups in total. The van der Waals surface area contributed by atoms with E-state index in [0.29, 0.717) is 18.5 Å². The minimum Gasteiger partial charge on any atom is -0.370 e. The Balaban J connectivity index is 1.39. The van der Waals surface area contributed by atoms with Gasteiger partial charge in [-0.25, -0.2) is 9.82 Å². The summed E-state index contributed by atoms with van der Waals surface area (Å²) in [7, 11) is 2.13. The van der Waals surface area contributed by atoms with Crippen LogP contribution in [-0.4, -0.2) is 74.1 Å². The number of benzene rings is 1. The summed E-state index contributed by atoms with van der Waals surface area (Å²) in [5.41, 5.74) is 7.62. The fourth-order valence-corrected chi connectivity index (χ4v) is 4.46. The highest BCUT2D eigenvalue weighted by atomic mass is 19.1. The molecule has 0 bridgehead atoms. The Morgan fingerprint density at radius 1 is 1.08 bits per heavy atom. The number of amides is 1. The molecule has 6 nitrogen and oxygen atoms in total. The van der Waals surface area contributed by atoms with Crippen molar-refractivity contribution in [2.24, 2.45) is 5.92 Å². The molecular formula is C19H28FN5O. The van der Waals surface area contributed by atoms with Crippen LogP contribution >= 0.6 is 0 Å².